The van der Waals surface area contributed by atoms with Gasteiger partial charge < -0.3 is 0 Å². The number of nitrogens with zero attached hydrogens (tertiary/aromatic N) is 1. The molecule has 0 aliphatic carbocycles. The second-order valence-electron chi connectivity index (χ2n) is 4.67. The van der Waals surface area contributed by atoms with Gasteiger partial charge >= 0.3 is 0 Å². The highest BCUT2D eigenvalue weighted by atomic mass is 32.2. The van der Waals surface area contributed by atoms with Gasteiger partial charge in [0.1, 0.15) is 16.3 Å². The number of fused-ring (bicyclic) bond motifs is 1. The molecule has 19 heavy (non-hydrogen) atoms. The first-order chi connectivity index (χ1) is 9.20. The summed E-state index contributed by atoms with van der Waals surface area (Å²) in [6.45, 7) is 4.30. The molecule has 0 saturated heterocycles. The maximum Gasteiger partial charge on any atom is 0.295 e. The topological polar surface area (TPSA) is 15.0 Å². The summed E-state index contributed by atoms with van der Waals surface area (Å²) in [5.41, 5.74) is 3.81. The molecule has 98 valence electrons. The fourth-order valence-corrected chi connectivity index (χ4v) is 4.71. The Morgan fingerprint density at radius 3 is 2.63 bits per heavy atom. The third kappa shape index (κ3) is 2.23. The van der Waals surface area contributed by atoms with Crippen LogP contribution in [0.4, 0.5) is 0 Å². The van der Waals surface area contributed by atoms with Gasteiger partial charge in [-0.05, 0) is 25.7 Å². The van der Waals surface area contributed by atoms with Crippen LogP contribution in [-0.4, -0.2) is 21.2 Å². The minimum absolute atomic E-state index is 0.419. The zero-order valence-corrected chi connectivity index (χ0v) is 12.9. The number of hydrogen-bond donors (Lipinski definition) is 1. The van der Waals surface area contributed by atoms with Crippen molar-refractivity contribution in [1.29, 1.82) is 0 Å². The molecule has 2 aliphatic heterocycles. The smallest absolute Gasteiger partial charge is 0.244 e. The van der Waals surface area contributed by atoms with E-state index >= 15 is 0 Å². The molecular formula is C15H17N2S2+. The maximum atomic E-state index is 3.53. The van der Waals surface area contributed by atoms with E-state index in [9.17, 15) is 0 Å². The molecule has 1 atom stereocenters. The van der Waals surface area contributed by atoms with Crippen LogP contribution in [0.15, 0.2) is 47.9 Å². The Kier molecular flexibility index (Phi) is 3.46. The lowest BCUT2D eigenvalue weighted by molar-refractivity contribution is -0.469. The number of rotatable bonds is 2. The Balaban J connectivity index is 2.14. The highest BCUT2D eigenvalue weighted by Crippen LogP contribution is 2.45. The lowest BCUT2D eigenvalue weighted by Crippen LogP contribution is -2.32. The first kappa shape index (κ1) is 12.9. The summed E-state index contributed by atoms with van der Waals surface area (Å²) < 4.78 is 2.81. The average Bonchev–Trinajstić information content (AvgIpc) is 2.78. The van der Waals surface area contributed by atoms with E-state index in [2.05, 4.69) is 66.4 Å². The van der Waals surface area contributed by atoms with Crippen LogP contribution in [0, 0.1) is 0 Å². The zero-order chi connectivity index (χ0) is 13.4. The number of benzene rings is 1. The third-order valence-corrected chi connectivity index (χ3v) is 5.80. The van der Waals surface area contributed by atoms with Gasteiger partial charge in [0, 0.05) is 6.08 Å². The molecular weight excluding hydrogens is 272 g/mol. The minimum Gasteiger partial charge on any atom is -0.244 e. The fraction of sp³-hybridized carbons (Fsp3) is 0.267. The predicted octanol–water partition coefficient (Wildman–Crippen LogP) is 3.69. The molecule has 0 amide bonds. The van der Waals surface area contributed by atoms with Crippen molar-refractivity contribution in [2.45, 2.75) is 18.6 Å². The molecule has 3 rings (SSSR count). The Labute approximate surface area is 122 Å². The van der Waals surface area contributed by atoms with E-state index in [4.69, 9.17) is 0 Å². The van der Waals surface area contributed by atoms with Crippen LogP contribution >= 0.6 is 23.5 Å². The van der Waals surface area contributed by atoms with E-state index in [1.165, 1.54) is 27.7 Å². The molecule has 0 saturated carbocycles. The average molecular weight is 289 g/mol. The quantitative estimate of drug-likeness (QED) is 0.836. The molecule has 2 aliphatic rings. The van der Waals surface area contributed by atoms with E-state index < -0.39 is 0 Å². The van der Waals surface area contributed by atoms with Gasteiger partial charge in [-0.2, -0.15) is 0 Å². The van der Waals surface area contributed by atoms with Crippen LogP contribution in [0.1, 0.15) is 19.4 Å². The number of hydrogen-bond acceptors (Lipinski definition) is 3. The lowest BCUT2D eigenvalue weighted by atomic mass is 10.2. The standard InChI is InChI=1S/C15H16N2S2/c1-10-9-11(2)17-14(16-10)13(19-15(17)18-3)12-7-5-4-6-8-12/h4-9,15H,1-3H3/p+1. The van der Waals surface area contributed by atoms with Crippen molar-refractivity contribution >= 4 is 34.1 Å². The molecule has 4 heteroatoms. The predicted molar refractivity (Wildman–Crippen MR) is 86.1 cm³/mol. The zero-order valence-electron chi connectivity index (χ0n) is 11.3. The van der Waals surface area contributed by atoms with Crippen molar-refractivity contribution in [1.82, 2.24) is 5.32 Å². The Hall–Kier alpha value is -1.13. The van der Waals surface area contributed by atoms with Crippen molar-refractivity contribution in [3.63, 3.8) is 0 Å². The molecule has 1 aromatic carbocycles. The SMILES string of the molecule is CSC1SC(c2ccccc2)=C2NC(C)=CC(C)=[N+]21. The molecule has 0 spiro atoms. The van der Waals surface area contributed by atoms with Gasteiger partial charge in [0.15, 0.2) is 4.71 Å². The van der Waals surface area contributed by atoms with Crippen molar-refractivity contribution in [3.05, 3.63) is 53.5 Å². The summed E-state index contributed by atoms with van der Waals surface area (Å²) in [7, 11) is 0. The monoisotopic (exact) mass is 289 g/mol. The molecule has 2 nitrogen and oxygen atoms in total. The Bertz CT molecular complexity index is 600. The van der Waals surface area contributed by atoms with Gasteiger partial charge in [0.25, 0.3) is 5.82 Å². The van der Waals surface area contributed by atoms with Crippen LogP contribution in [0.2, 0.25) is 0 Å². The number of thioether (sulfide) groups is 2. The van der Waals surface area contributed by atoms with Gasteiger partial charge in [-0.1, -0.05) is 42.1 Å². The molecule has 1 aromatic rings. The largest absolute Gasteiger partial charge is 0.295 e. The van der Waals surface area contributed by atoms with Crippen LogP contribution in [0.3, 0.4) is 0 Å². The number of nitrogens with one attached hydrogen (secondary N) is 1. The summed E-state index contributed by atoms with van der Waals surface area (Å²) in [5.74, 6) is 1.23. The van der Waals surface area contributed by atoms with Crippen molar-refractivity contribution < 1.29 is 4.58 Å². The summed E-state index contributed by atoms with van der Waals surface area (Å²) in [5, 5.41) is 3.53. The highest BCUT2D eigenvalue weighted by Gasteiger charge is 2.39. The summed E-state index contributed by atoms with van der Waals surface area (Å²) >= 11 is 3.81. The van der Waals surface area contributed by atoms with Crippen LogP contribution in [-0.2, 0) is 0 Å². The van der Waals surface area contributed by atoms with Gasteiger partial charge in [-0.15, -0.1) is 11.8 Å². The molecule has 1 N–H and O–H groups in total. The van der Waals surface area contributed by atoms with E-state index in [0.29, 0.717) is 4.71 Å². The third-order valence-electron chi connectivity index (χ3n) is 3.24. The lowest BCUT2D eigenvalue weighted by Gasteiger charge is -2.15. The van der Waals surface area contributed by atoms with Gasteiger partial charge in [-0.3, -0.25) is 0 Å². The second-order valence-corrected chi connectivity index (χ2v) is 6.97. The van der Waals surface area contributed by atoms with Crippen LogP contribution in [0.25, 0.3) is 4.91 Å². The van der Waals surface area contributed by atoms with Gasteiger partial charge in [-0.25, -0.2) is 9.89 Å². The highest BCUT2D eigenvalue weighted by molar-refractivity contribution is 8.21. The summed E-state index contributed by atoms with van der Waals surface area (Å²) in [6.07, 6.45) is 4.38. The van der Waals surface area contributed by atoms with E-state index in [1.54, 1.807) is 0 Å². The van der Waals surface area contributed by atoms with Crippen molar-refractivity contribution in [2.24, 2.45) is 0 Å². The Morgan fingerprint density at radius 2 is 1.95 bits per heavy atom. The summed E-state index contributed by atoms with van der Waals surface area (Å²) in [6, 6.07) is 10.6. The first-order valence-electron chi connectivity index (χ1n) is 6.28. The second kappa shape index (κ2) is 5.10. The summed E-state index contributed by atoms with van der Waals surface area (Å²) in [4.78, 5) is 1.34. The van der Waals surface area contributed by atoms with E-state index in [1.807, 2.05) is 23.5 Å². The molecule has 1 unspecified atom stereocenters. The molecule has 0 fully saturated rings. The van der Waals surface area contributed by atoms with Crippen LogP contribution in [0.5, 0.6) is 0 Å². The molecule has 0 aromatic heterocycles. The van der Waals surface area contributed by atoms with E-state index in [-0.39, 0.29) is 0 Å². The van der Waals surface area contributed by atoms with E-state index in [0.717, 1.165) is 0 Å². The normalized spacial score (nSPS) is 22.3. The minimum atomic E-state index is 0.419. The van der Waals surface area contributed by atoms with Gasteiger partial charge in [0.2, 0.25) is 0 Å². The fourth-order valence-electron chi connectivity index (χ4n) is 2.44. The first-order valence-corrected chi connectivity index (χ1v) is 8.44. The number of allylic oxidation sites excluding steroid dienone is 2. The molecule has 0 bridgehead atoms. The maximum absolute atomic E-state index is 3.53. The van der Waals surface area contributed by atoms with Crippen molar-refractivity contribution in [2.75, 3.05) is 6.26 Å². The van der Waals surface area contributed by atoms with Gasteiger partial charge in [0.05, 0.1) is 0 Å². The van der Waals surface area contributed by atoms with Crippen LogP contribution < -0.4 is 5.32 Å². The van der Waals surface area contributed by atoms with Crippen molar-refractivity contribution in [3.8, 4) is 0 Å². The molecule has 2 heterocycles. The molecule has 0 radical (unpaired) electrons. The Morgan fingerprint density at radius 1 is 1.21 bits per heavy atom.